The lowest BCUT2D eigenvalue weighted by molar-refractivity contribution is -0.600. The van der Waals surface area contributed by atoms with Gasteiger partial charge in [-0.3, -0.25) is 4.79 Å². The predicted octanol–water partition coefficient (Wildman–Crippen LogP) is 5.34. The summed E-state index contributed by atoms with van der Waals surface area (Å²) in [7, 11) is 0. The molecular formula is C25H28N2O3. The van der Waals surface area contributed by atoms with Crippen molar-refractivity contribution in [2.24, 2.45) is 0 Å². The van der Waals surface area contributed by atoms with E-state index in [1.807, 2.05) is 62.4 Å². The molecule has 0 aliphatic heterocycles. The highest BCUT2D eigenvalue weighted by atomic mass is 16.5. The number of hydrogen-bond acceptors (Lipinski definition) is 3. The maximum absolute atomic E-state index is 13.4. The summed E-state index contributed by atoms with van der Waals surface area (Å²) in [5, 5.41) is 16.0. The average molecular weight is 405 g/mol. The van der Waals surface area contributed by atoms with E-state index in [9.17, 15) is 10.0 Å². The third-order valence-electron chi connectivity index (χ3n) is 5.23. The smallest absolute Gasteiger partial charge is 0.266 e. The van der Waals surface area contributed by atoms with Crippen molar-refractivity contribution in [3.8, 4) is 17.0 Å². The van der Waals surface area contributed by atoms with Crippen LogP contribution in [0.1, 0.15) is 46.9 Å². The van der Waals surface area contributed by atoms with Crippen LogP contribution in [0.3, 0.4) is 0 Å². The first-order valence-electron chi connectivity index (χ1n) is 10.3. The van der Waals surface area contributed by atoms with E-state index in [0.717, 1.165) is 34.4 Å². The third kappa shape index (κ3) is 4.46. The molecule has 0 unspecified atom stereocenters. The summed E-state index contributed by atoms with van der Waals surface area (Å²) in [6, 6.07) is 16.6. The number of ether oxygens (including phenoxy) is 1. The van der Waals surface area contributed by atoms with Crippen LogP contribution >= 0.6 is 0 Å². The number of unbranched alkanes of at least 4 members (excludes halogenated alkanes) is 1. The van der Waals surface area contributed by atoms with Gasteiger partial charge in [-0.25, -0.2) is 0 Å². The number of rotatable bonds is 7. The number of hydrogen-bond donors (Lipinski definition) is 1. The van der Waals surface area contributed by atoms with Crippen LogP contribution < -0.4 is 14.8 Å². The molecule has 1 N–H and O–H groups in total. The Hall–Kier alpha value is -3.34. The van der Waals surface area contributed by atoms with Crippen molar-refractivity contribution in [2.75, 3.05) is 11.9 Å². The van der Waals surface area contributed by atoms with Crippen molar-refractivity contribution < 1.29 is 14.3 Å². The third-order valence-corrected chi connectivity index (χ3v) is 5.23. The highest BCUT2D eigenvalue weighted by Crippen LogP contribution is 2.31. The fraction of sp³-hybridized carbons (Fsp3) is 0.280. The Kier molecular flexibility index (Phi) is 6.72. The minimum atomic E-state index is -0.362. The second kappa shape index (κ2) is 9.44. The minimum Gasteiger partial charge on any atom is -0.618 e. The number of anilines is 1. The number of carbonyl (C=O) groups is 1. The number of pyridine rings is 1. The van der Waals surface area contributed by atoms with E-state index in [-0.39, 0.29) is 11.5 Å². The van der Waals surface area contributed by atoms with E-state index in [1.165, 1.54) is 0 Å². The number of nitrogens with one attached hydrogen (secondary N) is 1. The molecule has 30 heavy (non-hydrogen) atoms. The van der Waals surface area contributed by atoms with Gasteiger partial charge in [0.2, 0.25) is 5.69 Å². The summed E-state index contributed by atoms with van der Waals surface area (Å²) in [5.74, 6) is 0.0633. The molecule has 5 heteroatoms. The Morgan fingerprint density at radius 3 is 2.50 bits per heavy atom. The molecule has 0 aliphatic rings. The maximum Gasteiger partial charge on any atom is 0.266 e. The second-order valence-corrected chi connectivity index (χ2v) is 7.44. The van der Waals surface area contributed by atoms with E-state index >= 15 is 0 Å². The molecule has 0 saturated carbocycles. The van der Waals surface area contributed by atoms with Gasteiger partial charge in [-0.15, -0.1) is 0 Å². The minimum absolute atomic E-state index is 0.249. The zero-order valence-electron chi connectivity index (χ0n) is 18.0. The van der Waals surface area contributed by atoms with E-state index in [4.69, 9.17) is 4.74 Å². The van der Waals surface area contributed by atoms with Gasteiger partial charge in [0.1, 0.15) is 5.75 Å². The normalized spacial score (nSPS) is 10.7. The fourth-order valence-corrected chi connectivity index (χ4v) is 3.30. The summed E-state index contributed by atoms with van der Waals surface area (Å²) in [4.78, 5) is 13.4. The van der Waals surface area contributed by atoms with E-state index < -0.39 is 0 Å². The standard InChI is InChI=1S/C25H28N2O3/c1-5-6-15-30-22-16-18(3)27(29)24(20-12-8-7-9-13-20)23(22)25(28)26-21-14-10-11-17(2)19(21)4/h7-14,16H,5-6,15H2,1-4H3,(H,26,28). The largest absolute Gasteiger partial charge is 0.618 e. The van der Waals surface area contributed by atoms with Gasteiger partial charge in [0.15, 0.2) is 11.3 Å². The molecule has 1 aromatic heterocycles. The van der Waals surface area contributed by atoms with Crippen molar-refractivity contribution in [3.63, 3.8) is 0 Å². The Balaban J connectivity index is 2.14. The van der Waals surface area contributed by atoms with Crippen LogP contribution in [0.2, 0.25) is 0 Å². The number of aryl methyl sites for hydroxylation is 2. The monoisotopic (exact) mass is 404 g/mol. The molecule has 0 bridgehead atoms. The highest BCUT2D eigenvalue weighted by Gasteiger charge is 2.28. The SMILES string of the molecule is CCCCOc1cc(C)[n+]([O-])c(-c2ccccc2)c1C(=O)Nc1cccc(C)c1C. The topological polar surface area (TPSA) is 65.3 Å². The van der Waals surface area contributed by atoms with E-state index in [1.54, 1.807) is 13.0 Å². The lowest BCUT2D eigenvalue weighted by atomic mass is 10.0. The number of carbonyl (C=O) groups excluding carboxylic acids is 1. The summed E-state index contributed by atoms with van der Waals surface area (Å²) in [6.45, 7) is 8.24. The van der Waals surface area contributed by atoms with Crippen molar-refractivity contribution in [3.05, 3.63) is 82.2 Å². The Morgan fingerprint density at radius 2 is 1.80 bits per heavy atom. The number of amides is 1. The molecule has 0 aliphatic carbocycles. The van der Waals surface area contributed by atoms with Crippen LogP contribution in [-0.4, -0.2) is 12.5 Å². The quantitative estimate of drug-likeness (QED) is 0.328. The molecule has 3 aromatic rings. The van der Waals surface area contributed by atoms with Crippen molar-refractivity contribution in [1.29, 1.82) is 0 Å². The first-order chi connectivity index (χ1) is 14.4. The molecule has 0 atom stereocenters. The lowest BCUT2D eigenvalue weighted by Crippen LogP contribution is -2.36. The predicted molar refractivity (Wildman–Crippen MR) is 120 cm³/mol. The Bertz CT molecular complexity index is 1050. The van der Waals surface area contributed by atoms with Crippen LogP contribution in [0.4, 0.5) is 5.69 Å². The number of benzene rings is 2. The Labute approximate surface area is 177 Å². The molecule has 156 valence electrons. The van der Waals surface area contributed by atoms with Crippen LogP contribution in [0.5, 0.6) is 5.75 Å². The van der Waals surface area contributed by atoms with Gasteiger partial charge in [-0.05, 0) is 49.6 Å². The molecule has 0 spiro atoms. The zero-order chi connectivity index (χ0) is 21.7. The molecule has 3 rings (SSSR count). The lowest BCUT2D eigenvalue weighted by Gasteiger charge is -2.18. The van der Waals surface area contributed by atoms with Gasteiger partial charge in [-0.2, -0.15) is 4.73 Å². The van der Waals surface area contributed by atoms with Gasteiger partial charge in [0, 0.05) is 24.2 Å². The Morgan fingerprint density at radius 1 is 1.07 bits per heavy atom. The van der Waals surface area contributed by atoms with Gasteiger partial charge >= 0.3 is 0 Å². The molecule has 0 radical (unpaired) electrons. The van der Waals surface area contributed by atoms with E-state index in [0.29, 0.717) is 29.3 Å². The number of nitrogens with zero attached hydrogens (tertiary/aromatic N) is 1. The molecular weight excluding hydrogens is 376 g/mol. The summed E-state index contributed by atoms with van der Waals surface area (Å²) in [5.41, 5.74) is 4.48. The van der Waals surface area contributed by atoms with Crippen LogP contribution in [-0.2, 0) is 0 Å². The fourth-order valence-electron chi connectivity index (χ4n) is 3.30. The van der Waals surface area contributed by atoms with Crippen molar-refractivity contribution in [2.45, 2.75) is 40.5 Å². The first-order valence-corrected chi connectivity index (χ1v) is 10.3. The second-order valence-electron chi connectivity index (χ2n) is 7.44. The van der Waals surface area contributed by atoms with Crippen molar-refractivity contribution in [1.82, 2.24) is 0 Å². The molecule has 1 amide bonds. The average Bonchev–Trinajstić information content (AvgIpc) is 2.74. The van der Waals surface area contributed by atoms with Crippen molar-refractivity contribution >= 4 is 11.6 Å². The van der Waals surface area contributed by atoms with Gasteiger partial charge in [-0.1, -0.05) is 43.7 Å². The molecule has 1 heterocycles. The molecule has 0 saturated heterocycles. The maximum atomic E-state index is 13.4. The summed E-state index contributed by atoms with van der Waals surface area (Å²) < 4.78 is 6.78. The van der Waals surface area contributed by atoms with Crippen LogP contribution in [0.25, 0.3) is 11.3 Å². The van der Waals surface area contributed by atoms with E-state index in [2.05, 4.69) is 12.2 Å². The van der Waals surface area contributed by atoms with Crippen LogP contribution in [0.15, 0.2) is 54.6 Å². The van der Waals surface area contributed by atoms with Gasteiger partial charge in [0.25, 0.3) is 5.91 Å². The molecule has 5 nitrogen and oxygen atoms in total. The summed E-state index contributed by atoms with van der Waals surface area (Å²) in [6.07, 6.45) is 1.84. The molecule has 0 fully saturated rings. The van der Waals surface area contributed by atoms with Gasteiger partial charge in [0.05, 0.1) is 6.61 Å². The number of aromatic nitrogens is 1. The molecule has 2 aromatic carbocycles. The summed E-state index contributed by atoms with van der Waals surface area (Å²) >= 11 is 0. The highest BCUT2D eigenvalue weighted by molar-refractivity contribution is 6.10. The van der Waals surface area contributed by atoms with Gasteiger partial charge < -0.3 is 15.3 Å². The van der Waals surface area contributed by atoms with Crippen LogP contribution in [0, 0.1) is 26.0 Å². The first kappa shape index (κ1) is 21.4. The zero-order valence-corrected chi connectivity index (χ0v) is 18.0.